The van der Waals surface area contributed by atoms with E-state index < -0.39 is 13.9 Å². The van der Waals surface area contributed by atoms with Crippen LogP contribution in [0.3, 0.4) is 0 Å². The molecule has 1 N–H and O–H groups in total. The highest BCUT2D eigenvalue weighted by molar-refractivity contribution is 7.12. The first-order chi connectivity index (χ1) is 21.4. The number of rotatable bonds is 13. The molecule has 0 amide bonds. The van der Waals surface area contributed by atoms with Gasteiger partial charge in [0.2, 0.25) is 5.60 Å². The van der Waals surface area contributed by atoms with Crippen LogP contribution < -0.4 is 0 Å². The minimum Gasteiger partial charge on any atom is -0.459 e. The maximum Gasteiger partial charge on any atom is 0.348 e. The number of morpholine rings is 1. The zero-order chi connectivity index (χ0) is 32.0. The lowest BCUT2D eigenvalue weighted by Gasteiger charge is -2.49. The van der Waals surface area contributed by atoms with Gasteiger partial charge in [0.25, 0.3) is 0 Å². The van der Waals surface area contributed by atoms with Crippen LogP contribution in [0.4, 0.5) is 0 Å². The summed E-state index contributed by atoms with van der Waals surface area (Å²) in [4.78, 5) is 16.5. The van der Waals surface area contributed by atoms with Crippen molar-refractivity contribution in [1.82, 2.24) is 0 Å². The van der Waals surface area contributed by atoms with Gasteiger partial charge in [0.1, 0.15) is 30.4 Å². The molecule has 45 heavy (non-hydrogen) atoms. The van der Waals surface area contributed by atoms with Crippen LogP contribution >= 0.6 is 22.7 Å². The molecule has 2 bridgehead atoms. The van der Waals surface area contributed by atoms with E-state index in [-0.39, 0.29) is 35.9 Å². The van der Waals surface area contributed by atoms with E-state index in [1.54, 1.807) is 22.7 Å². The van der Waals surface area contributed by atoms with Crippen LogP contribution in [0, 0.1) is 0 Å². The van der Waals surface area contributed by atoms with Crippen LogP contribution in [0.5, 0.6) is 0 Å². The van der Waals surface area contributed by atoms with Gasteiger partial charge in [-0.1, -0.05) is 57.2 Å². The van der Waals surface area contributed by atoms with Crippen LogP contribution in [0.25, 0.3) is 0 Å². The largest absolute Gasteiger partial charge is 0.459 e. The Labute approximate surface area is 278 Å². The summed E-state index contributed by atoms with van der Waals surface area (Å²) in [6.45, 7) is 12.4. The Morgan fingerprint density at radius 1 is 0.933 bits per heavy atom. The van der Waals surface area contributed by atoms with Gasteiger partial charge in [-0.2, -0.15) is 0 Å². The summed E-state index contributed by atoms with van der Waals surface area (Å²) in [5.41, 5.74) is 1.29. The maximum atomic E-state index is 14.7. The number of hydrogen-bond acceptors (Lipinski definition) is 7. The highest BCUT2D eigenvalue weighted by atomic mass is 32.1. The first kappa shape index (κ1) is 33.1. The van der Waals surface area contributed by atoms with E-state index in [1.807, 2.05) is 35.0 Å². The van der Waals surface area contributed by atoms with Gasteiger partial charge in [-0.15, -0.1) is 22.7 Å². The maximum absolute atomic E-state index is 14.7. The standard InChI is InChI=1S/C36H50NO5S2Si/c1-35(2,3)45(5,6)42-36(30-12-9-21-43-30,31-13-10-22-44-31)34(39)40-27-23-28-32-33(41-32)29(24-27)37(28,4)19-8-7-11-25-14-16-26(17-15-25)18-20-38/h9-10,12-17,21-22,27-29,32-33,38H,7-8,11,18-20,23-24H2,1-6H3/q+1. The van der Waals surface area contributed by atoms with Gasteiger partial charge in [0.05, 0.1) is 23.3 Å². The summed E-state index contributed by atoms with van der Waals surface area (Å²) < 4.78 is 21.0. The van der Waals surface area contributed by atoms with Crippen LogP contribution in [-0.2, 0) is 37.1 Å². The smallest absolute Gasteiger partial charge is 0.348 e. The van der Waals surface area contributed by atoms with Crippen molar-refractivity contribution in [3.8, 4) is 0 Å². The molecule has 3 aromatic rings. The van der Waals surface area contributed by atoms with Crippen molar-refractivity contribution in [3.05, 3.63) is 80.2 Å². The van der Waals surface area contributed by atoms with Crippen LogP contribution in [0.15, 0.2) is 59.3 Å². The minimum atomic E-state index is -2.39. The molecule has 3 fully saturated rings. The van der Waals surface area contributed by atoms with Gasteiger partial charge in [-0.25, -0.2) is 4.79 Å². The lowest BCUT2D eigenvalue weighted by Crippen LogP contribution is -2.63. The Morgan fingerprint density at radius 2 is 1.49 bits per heavy atom. The molecule has 3 aliphatic rings. The van der Waals surface area contributed by atoms with Crippen molar-refractivity contribution in [2.45, 2.75) is 113 Å². The summed E-state index contributed by atoms with van der Waals surface area (Å²) in [5.74, 6) is -0.266. The summed E-state index contributed by atoms with van der Waals surface area (Å²) in [6, 6.07) is 17.5. The third-order valence-corrected chi connectivity index (χ3v) is 17.5. The molecule has 2 aromatic heterocycles. The fraction of sp³-hybridized carbons (Fsp3) is 0.583. The molecule has 4 atom stereocenters. The number of hydrogen-bond donors (Lipinski definition) is 1. The molecule has 0 aliphatic carbocycles. The van der Waals surface area contributed by atoms with E-state index in [2.05, 4.69) is 65.2 Å². The number of aliphatic hydroxyl groups is 1. The fourth-order valence-electron chi connectivity index (χ4n) is 7.46. The van der Waals surface area contributed by atoms with Crippen molar-refractivity contribution in [2.24, 2.45) is 0 Å². The number of quaternary nitrogens is 1. The number of nitrogens with zero attached hydrogens (tertiary/aromatic N) is 1. The molecule has 0 saturated carbocycles. The molecule has 5 heterocycles. The molecule has 244 valence electrons. The molecule has 6 rings (SSSR count). The van der Waals surface area contributed by atoms with Gasteiger partial charge >= 0.3 is 5.97 Å². The number of thiophene rings is 2. The molecule has 3 aliphatic heterocycles. The molecule has 0 radical (unpaired) electrons. The number of carbonyl (C=O) groups excluding carboxylic acids is 1. The number of fused-ring (bicyclic) bond motifs is 5. The highest BCUT2D eigenvalue weighted by Crippen LogP contribution is 2.54. The second kappa shape index (κ2) is 12.6. The minimum absolute atomic E-state index is 0.0712. The third-order valence-electron chi connectivity index (χ3n) is 11.1. The predicted octanol–water partition coefficient (Wildman–Crippen LogP) is 7.30. The predicted molar refractivity (Wildman–Crippen MR) is 184 cm³/mol. The second-order valence-electron chi connectivity index (χ2n) is 15.0. The lowest BCUT2D eigenvalue weighted by atomic mass is 9.93. The molecule has 3 saturated heterocycles. The third kappa shape index (κ3) is 6.26. The van der Waals surface area contributed by atoms with Crippen LogP contribution in [-0.4, -0.2) is 74.5 Å². The molecule has 1 aromatic carbocycles. The monoisotopic (exact) mass is 668 g/mol. The number of likely N-dealkylation sites (N-methyl/N-ethyl adjacent to an activating group) is 1. The summed E-state index contributed by atoms with van der Waals surface area (Å²) in [6.07, 6.45) is 6.18. The molecule has 4 unspecified atom stereocenters. The Hall–Kier alpha value is -1.85. The zero-order valence-electron chi connectivity index (χ0n) is 27.7. The van der Waals surface area contributed by atoms with Gasteiger partial charge < -0.3 is 23.5 Å². The molecule has 9 heteroatoms. The first-order valence-corrected chi connectivity index (χ1v) is 21.2. The molecular formula is C36H50NO5S2Si+. The number of benzene rings is 1. The van der Waals surface area contributed by atoms with Crippen molar-refractivity contribution >= 4 is 37.0 Å². The quantitative estimate of drug-likeness (QED) is 0.0681. The number of piperidine rings is 1. The normalized spacial score (nSPS) is 27.8. The number of carbonyl (C=O) groups is 1. The average molecular weight is 669 g/mol. The van der Waals surface area contributed by atoms with E-state index >= 15 is 0 Å². The Balaban J connectivity index is 1.16. The van der Waals surface area contributed by atoms with Crippen LogP contribution in [0.2, 0.25) is 18.1 Å². The summed E-state index contributed by atoms with van der Waals surface area (Å²) >= 11 is 3.15. The molecule has 6 nitrogen and oxygen atoms in total. The second-order valence-corrected chi connectivity index (χ2v) is 21.6. The Bertz CT molecular complexity index is 1380. The van der Waals surface area contributed by atoms with E-state index in [1.165, 1.54) is 11.1 Å². The van der Waals surface area contributed by atoms with Gasteiger partial charge in [-0.05, 0) is 77.8 Å². The van der Waals surface area contributed by atoms with Gasteiger partial charge in [0, 0.05) is 19.4 Å². The van der Waals surface area contributed by atoms with E-state index in [4.69, 9.17) is 13.9 Å². The topological polar surface area (TPSA) is 68.3 Å². The summed E-state index contributed by atoms with van der Waals surface area (Å²) in [7, 11) is 0.0180. The summed E-state index contributed by atoms with van der Waals surface area (Å²) in [5, 5.41) is 13.2. The lowest BCUT2D eigenvalue weighted by molar-refractivity contribution is -0.956. The number of unbranched alkanes of at least 4 members (excludes halogenated alkanes) is 1. The Kier molecular flexibility index (Phi) is 9.28. The highest BCUT2D eigenvalue weighted by Gasteiger charge is 2.72. The number of esters is 1. The molecular weight excluding hydrogens is 619 g/mol. The number of epoxide rings is 1. The SMILES string of the molecule is CC(C)(C)[Si](C)(C)OC(C(=O)OC1CC2C3OC3C(C1)[N+]2(C)CCCCc1ccc(CCO)cc1)(c1cccs1)c1cccs1. The first-order valence-electron chi connectivity index (χ1n) is 16.6. The Morgan fingerprint density at radius 3 is 1.98 bits per heavy atom. The van der Waals surface area contributed by atoms with Crippen molar-refractivity contribution in [1.29, 1.82) is 0 Å². The van der Waals surface area contributed by atoms with Crippen LogP contribution in [0.1, 0.15) is 67.3 Å². The fourth-order valence-corrected chi connectivity index (χ4v) is 10.8. The van der Waals surface area contributed by atoms with Gasteiger partial charge in [0.15, 0.2) is 8.32 Å². The van der Waals surface area contributed by atoms with Crippen molar-refractivity contribution < 1.29 is 28.3 Å². The average Bonchev–Trinajstić information content (AvgIpc) is 3.29. The van der Waals surface area contributed by atoms with Gasteiger partial charge in [-0.3, -0.25) is 0 Å². The van der Waals surface area contributed by atoms with E-state index in [0.717, 1.165) is 52.9 Å². The zero-order valence-corrected chi connectivity index (χ0v) is 30.3. The van der Waals surface area contributed by atoms with Crippen molar-refractivity contribution in [2.75, 3.05) is 20.2 Å². The number of aryl methyl sites for hydroxylation is 1. The molecule has 0 spiro atoms. The number of aliphatic hydroxyl groups excluding tert-OH is 1. The van der Waals surface area contributed by atoms with E-state index in [0.29, 0.717) is 18.5 Å². The van der Waals surface area contributed by atoms with E-state index in [9.17, 15) is 9.90 Å². The number of ether oxygens (including phenoxy) is 2. The van der Waals surface area contributed by atoms with Crippen molar-refractivity contribution in [3.63, 3.8) is 0 Å².